The smallest absolute Gasteiger partial charge is 0.229 e. The average Bonchev–Trinajstić information content (AvgIpc) is 2.18. The molecule has 0 aliphatic carbocycles. The van der Waals surface area contributed by atoms with Crippen molar-refractivity contribution in [1.82, 2.24) is 0 Å². The van der Waals surface area contributed by atoms with Gasteiger partial charge in [0.15, 0.2) is 0 Å². The summed E-state index contributed by atoms with van der Waals surface area (Å²) in [5.41, 5.74) is 0.509. The van der Waals surface area contributed by atoms with Crippen LogP contribution in [-0.4, -0.2) is 25.6 Å². The van der Waals surface area contributed by atoms with Crippen LogP contribution in [0.3, 0.4) is 0 Å². The summed E-state index contributed by atoms with van der Waals surface area (Å²) in [6.07, 6.45) is 0.923. The Hall–Kier alpha value is -1.63. The maximum atomic E-state index is 13.2. The number of benzene rings is 1. The van der Waals surface area contributed by atoms with Gasteiger partial charge in [-0.05, 0) is 25.1 Å². The number of hydrogen-bond acceptors (Lipinski definition) is 4. The SMILES string of the molecule is C/C(=N\O)c1ccc(F)c(NS(C)(=O)=O)c1. The molecule has 0 aromatic heterocycles. The van der Waals surface area contributed by atoms with Crippen molar-refractivity contribution in [3.05, 3.63) is 29.6 Å². The van der Waals surface area contributed by atoms with E-state index in [2.05, 4.69) is 5.16 Å². The van der Waals surface area contributed by atoms with Crippen LogP contribution in [-0.2, 0) is 10.0 Å². The lowest BCUT2D eigenvalue weighted by Crippen LogP contribution is -2.11. The van der Waals surface area contributed by atoms with Crippen molar-refractivity contribution in [2.24, 2.45) is 5.16 Å². The molecule has 0 saturated carbocycles. The molecule has 0 aliphatic rings. The lowest BCUT2D eigenvalue weighted by Gasteiger charge is -2.07. The van der Waals surface area contributed by atoms with E-state index in [1.807, 2.05) is 4.72 Å². The number of oxime groups is 1. The fraction of sp³-hybridized carbons (Fsp3) is 0.222. The molecule has 5 nitrogen and oxygen atoms in total. The quantitative estimate of drug-likeness (QED) is 0.480. The van der Waals surface area contributed by atoms with Crippen molar-refractivity contribution in [1.29, 1.82) is 0 Å². The Morgan fingerprint density at radius 2 is 2.12 bits per heavy atom. The van der Waals surface area contributed by atoms with Crippen LogP contribution in [0.15, 0.2) is 23.4 Å². The van der Waals surface area contributed by atoms with E-state index in [1.54, 1.807) is 0 Å². The van der Waals surface area contributed by atoms with Gasteiger partial charge in [0.05, 0.1) is 17.7 Å². The Bertz CT molecular complexity index is 526. The molecule has 88 valence electrons. The summed E-state index contributed by atoms with van der Waals surface area (Å²) in [7, 11) is -3.54. The number of nitrogens with zero attached hydrogens (tertiary/aromatic N) is 1. The number of halogens is 1. The molecule has 16 heavy (non-hydrogen) atoms. The van der Waals surface area contributed by atoms with E-state index < -0.39 is 15.8 Å². The summed E-state index contributed by atoms with van der Waals surface area (Å²) < 4.78 is 37.2. The van der Waals surface area contributed by atoms with Gasteiger partial charge in [0, 0.05) is 5.56 Å². The second-order valence-electron chi connectivity index (χ2n) is 3.25. The maximum Gasteiger partial charge on any atom is 0.229 e. The zero-order chi connectivity index (χ0) is 12.3. The summed E-state index contributed by atoms with van der Waals surface area (Å²) in [6.45, 7) is 1.51. The van der Waals surface area contributed by atoms with E-state index in [9.17, 15) is 12.8 Å². The van der Waals surface area contributed by atoms with Crippen LogP contribution in [0.2, 0.25) is 0 Å². The van der Waals surface area contributed by atoms with E-state index in [0.29, 0.717) is 5.56 Å². The summed E-state index contributed by atoms with van der Waals surface area (Å²) >= 11 is 0. The summed E-state index contributed by atoms with van der Waals surface area (Å²) in [6, 6.07) is 3.74. The Morgan fingerprint density at radius 1 is 1.50 bits per heavy atom. The molecule has 2 N–H and O–H groups in total. The van der Waals surface area contributed by atoms with Crippen LogP contribution in [0, 0.1) is 5.82 Å². The van der Waals surface area contributed by atoms with E-state index >= 15 is 0 Å². The molecule has 0 fully saturated rings. The van der Waals surface area contributed by atoms with Crippen molar-refractivity contribution in [3.63, 3.8) is 0 Å². The summed E-state index contributed by atoms with van der Waals surface area (Å²) in [5.74, 6) is -0.695. The first-order chi connectivity index (χ1) is 7.33. The molecule has 1 aromatic carbocycles. The van der Waals surface area contributed by atoms with Gasteiger partial charge in [0.2, 0.25) is 10.0 Å². The second kappa shape index (κ2) is 4.48. The lowest BCUT2D eigenvalue weighted by molar-refractivity contribution is 0.319. The van der Waals surface area contributed by atoms with Crippen LogP contribution in [0.25, 0.3) is 0 Å². The van der Waals surface area contributed by atoms with Crippen LogP contribution in [0.5, 0.6) is 0 Å². The molecule has 0 bridgehead atoms. The zero-order valence-corrected chi connectivity index (χ0v) is 9.55. The highest BCUT2D eigenvalue weighted by Gasteiger charge is 2.09. The lowest BCUT2D eigenvalue weighted by atomic mass is 10.1. The molecule has 0 atom stereocenters. The highest BCUT2D eigenvalue weighted by Crippen LogP contribution is 2.17. The second-order valence-corrected chi connectivity index (χ2v) is 5.00. The van der Waals surface area contributed by atoms with Crippen molar-refractivity contribution < 1.29 is 18.0 Å². The van der Waals surface area contributed by atoms with E-state index in [4.69, 9.17) is 5.21 Å². The first-order valence-electron chi connectivity index (χ1n) is 4.30. The van der Waals surface area contributed by atoms with Crippen LogP contribution >= 0.6 is 0 Å². The van der Waals surface area contributed by atoms with Crippen LogP contribution in [0.4, 0.5) is 10.1 Å². The minimum atomic E-state index is -3.54. The number of rotatable bonds is 3. The van der Waals surface area contributed by atoms with E-state index in [1.165, 1.54) is 19.1 Å². The first kappa shape index (κ1) is 12.4. The molecular formula is C9H11FN2O3S. The molecule has 0 radical (unpaired) electrons. The molecule has 7 heteroatoms. The van der Waals surface area contributed by atoms with Crippen LogP contribution < -0.4 is 4.72 Å². The van der Waals surface area contributed by atoms with Gasteiger partial charge in [0.1, 0.15) is 5.82 Å². The molecule has 0 spiro atoms. The Morgan fingerprint density at radius 3 is 2.62 bits per heavy atom. The van der Waals surface area contributed by atoms with Gasteiger partial charge in [-0.2, -0.15) is 0 Å². The predicted molar refractivity (Wildman–Crippen MR) is 58.9 cm³/mol. The largest absolute Gasteiger partial charge is 0.411 e. The zero-order valence-electron chi connectivity index (χ0n) is 8.73. The fourth-order valence-corrected chi connectivity index (χ4v) is 1.64. The van der Waals surface area contributed by atoms with Gasteiger partial charge in [-0.1, -0.05) is 5.16 Å². The normalized spacial score (nSPS) is 12.6. The maximum absolute atomic E-state index is 13.2. The Labute approximate surface area is 92.6 Å². The minimum Gasteiger partial charge on any atom is -0.411 e. The van der Waals surface area contributed by atoms with Gasteiger partial charge >= 0.3 is 0 Å². The molecule has 0 heterocycles. The Balaban J connectivity index is 3.19. The standard InChI is InChI=1S/C9H11FN2O3S/c1-6(11-13)7-3-4-8(10)9(5-7)12-16(2,14)15/h3-5,12-13H,1-2H3/b11-6+. The van der Waals surface area contributed by atoms with Crippen molar-refractivity contribution in [2.75, 3.05) is 11.0 Å². The molecule has 1 aromatic rings. The third-order valence-electron chi connectivity index (χ3n) is 1.83. The summed E-state index contributed by atoms with van der Waals surface area (Å²) in [5, 5.41) is 11.5. The molecule has 0 aliphatic heterocycles. The number of hydrogen-bond donors (Lipinski definition) is 2. The molecule has 0 amide bonds. The van der Waals surface area contributed by atoms with Gasteiger partial charge in [-0.25, -0.2) is 12.8 Å². The van der Waals surface area contributed by atoms with E-state index in [0.717, 1.165) is 12.3 Å². The molecule has 0 saturated heterocycles. The minimum absolute atomic E-state index is 0.178. The van der Waals surface area contributed by atoms with Crippen LogP contribution in [0.1, 0.15) is 12.5 Å². The highest BCUT2D eigenvalue weighted by molar-refractivity contribution is 7.92. The van der Waals surface area contributed by atoms with E-state index in [-0.39, 0.29) is 11.4 Å². The summed E-state index contributed by atoms with van der Waals surface area (Å²) in [4.78, 5) is 0. The molecule has 1 rings (SSSR count). The Kier molecular flexibility index (Phi) is 3.48. The number of anilines is 1. The monoisotopic (exact) mass is 246 g/mol. The van der Waals surface area contributed by atoms with Gasteiger partial charge in [-0.15, -0.1) is 0 Å². The van der Waals surface area contributed by atoms with Crippen molar-refractivity contribution >= 4 is 21.4 Å². The van der Waals surface area contributed by atoms with Crippen molar-refractivity contribution in [2.45, 2.75) is 6.92 Å². The topological polar surface area (TPSA) is 78.8 Å². The third kappa shape index (κ3) is 3.20. The number of sulfonamides is 1. The van der Waals surface area contributed by atoms with Crippen molar-refractivity contribution in [3.8, 4) is 0 Å². The van der Waals surface area contributed by atoms with Gasteiger partial charge < -0.3 is 5.21 Å². The average molecular weight is 246 g/mol. The highest BCUT2D eigenvalue weighted by atomic mass is 32.2. The first-order valence-corrected chi connectivity index (χ1v) is 6.19. The number of nitrogens with one attached hydrogen (secondary N) is 1. The molecular weight excluding hydrogens is 235 g/mol. The fourth-order valence-electron chi connectivity index (χ4n) is 1.09. The van der Waals surface area contributed by atoms with Gasteiger partial charge in [-0.3, -0.25) is 4.72 Å². The predicted octanol–water partition coefficient (Wildman–Crippen LogP) is 1.40. The third-order valence-corrected chi connectivity index (χ3v) is 2.42. The van der Waals surface area contributed by atoms with Gasteiger partial charge in [0.25, 0.3) is 0 Å². The molecule has 0 unspecified atom stereocenters.